The molecule has 2 aromatic heterocycles. The van der Waals surface area contributed by atoms with Gasteiger partial charge in [-0.15, -0.1) is 0 Å². The standard InChI is InChI=1S/C14H13N5O2/c1-9-6-12(21-18-9)14(20)16-11-5-3-4-10(7-11)13-15-8-19(2)17-13/h3-8H,1-2H3,(H,16,20). The van der Waals surface area contributed by atoms with Crippen molar-refractivity contribution in [2.24, 2.45) is 7.05 Å². The van der Waals surface area contributed by atoms with Crippen LogP contribution in [0.5, 0.6) is 0 Å². The van der Waals surface area contributed by atoms with Gasteiger partial charge in [0.2, 0.25) is 5.76 Å². The van der Waals surface area contributed by atoms with E-state index in [4.69, 9.17) is 4.52 Å². The van der Waals surface area contributed by atoms with E-state index in [9.17, 15) is 4.79 Å². The highest BCUT2D eigenvalue weighted by Crippen LogP contribution is 2.19. The topological polar surface area (TPSA) is 85.8 Å². The van der Waals surface area contributed by atoms with E-state index in [1.807, 2.05) is 12.1 Å². The molecule has 0 unspecified atom stereocenters. The lowest BCUT2D eigenvalue weighted by Gasteiger charge is -2.04. The second kappa shape index (κ2) is 5.20. The Morgan fingerprint density at radius 2 is 2.19 bits per heavy atom. The Kier molecular flexibility index (Phi) is 3.23. The first-order valence-electron chi connectivity index (χ1n) is 6.32. The smallest absolute Gasteiger partial charge is 0.294 e. The summed E-state index contributed by atoms with van der Waals surface area (Å²) < 4.78 is 6.55. The molecule has 2 heterocycles. The molecule has 0 fully saturated rings. The van der Waals surface area contributed by atoms with Crippen LogP contribution in [0.15, 0.2) is 41.2 Å². The van der Waals surface area contributed by atoms with Crippen LogP contribution in [0.4, 0.5) is 5.69 Å². The molecule has 0 aliphatic heterocycles. The number of carbonyl (C=O) groups excluding carboxylic acids is 1. The molecule has 3 rings (SSSR count). The van der Waals surface area contributed by atoms with Crippen LogP contribution >= 0.6 is 0 Å². The number of anilines is 1. The highest BCUT2D eigenvalue weighted by molar-refractivity contribution is 6.02. The third kappa shape index (κ3) is 2.81. The molecule has 0 saturated heterocycles. The molecule has 21 heavy (non-hydrogen) atoms. The lowest BCUT2D eigenvalue weighted by atomic mass is 10.2. The summed E-state index contributed by atoms with van der Waals surface area (Å²) in [6.07, 6.45) is 1.62. The van der Waals surface area contributed by atoms with Crippen molar-refractivity contribution in [1.82, 2.24) is 19.9 Å². The van der Waals surface area contributed by atoms with E-state index >= 15 is 0 Å². The molecule has 0 radical (unpaired) electrons. The van der Waals surface area contributed by atoms with E-state index in [0.29, 0.717) is 17.2 Å². The van der Waals surface area contributed by atoms with Crippen LogP contribution in [0.2, 0.25) is 0 Å². The monoisotopic (exact) mass is 283 g/mol. The molecule has 0 saturated carbocycles. The molecule has 106 valence electrons. The second-order valence-electron chi connectivity index (χ2n) is 4.61. The first-order valence-corrected chi connectivity index (χ1v) is 6.32. The lowest BCUT2D eigenvalue weighted by Crippen LogP contribution is -2.10. The molecular weight excluding hydrogens is 270 g/mol. The van der Waals surface area contributed by atoms with Crippen LogP contribution in [0.3, 0.4) is 0 Å². The average molecular weight is 283 g/mol. The van der Waals surface area contributed by atoms with Gasteiger partial charge in [-0.05, 0) is 19.1 Å². The van der Waals surface area contributed by atoms with Gasteiger partial charge in [0.05, 0.1) is 5.69 Å². The van der Waals surface area contributed by atoms with Crippen LogP contribution < -0.4 is 5.32 Å². The Hall–Kier alpha value is -2.96. The normalized spacial score (nSPS) is 10.6. The summed E-state index contributed by atoms with van der Waals surface area (Å²) in [6.45, 7) is 1.76. The van der Waals surface area contributed by atoms with Gasteiger partial charge < -0.3 is 9.84 Å². The van der Waals surface area contributed by atoms with Crippen LogP contribution in [0, 0.1) is 6.92 Å². The molecule has 3 aromatic rings. The summed E-state index contributed by atoms with van der Waals surface area (Å²) in [7, 11) is 1.80. The summed E-state index contributed by atoms with van der Waals surface area (Å²) in [5.41, 5.74) is 2.12. The Bertz CT molecular complexity index is 790. The zero-order chi connectivity index (χ0) is 14.8. The minimum atomic E-state index is -0.346. The van der Waals surface area contributed by atoms with E-state index < -0.39 is 0 Å². The second-order valence-corrected chi connectivity index (χ2v) is 4.61. The van der Waals surface area contributed by atoms with Gasteiger partial charge in [0.15, 0.2) is 5.82 Å². The maximum atomic E-state index is 12.0. The number of carbonyl (C=O) groups is 1. The largest absolute Gasteiger partial charge is 0.351 e. The van der Waals surface area contributed by atoms with Crippen molar-refractivity contribution in [3.63, 3.8) is 0 Å². The molecule has 1 aromatic carbocycles. The summed E-state index contributed by atoms with van der Waals surface area (Å²) in [5, 5.41) is 10.7. The third-order valence-electron chi connectivity index (χ3n) is 2.83. The van der Waals surface area contributed by atoms with Gasteiger partial charge in [-0.3, -0.25) is 9.48 Å². The average Bonchev–Trinajstić information content (AvgIpc) is 3.08. The summed E-state index contributed by atoms with van der Waals surface area (Å²) in [6, 6.07) is 8.88. The third-order valence-corrected chi connectivity index (χ3v) is 2.83. The molecule has 7 heteroatoms. The maximum absolute atomic E-state index is 12.0. The van der Waals surface area contributed by atoms with Gasteiger partial charge in [-0.1, -0.05) is 17.3 Å². The van der Waals surface area contributed by atoms with E-state index in [2.05, 4.69) is 20.6 Å². The number of aryl methyl sites for hydroxylation is 2. The summed E-state index contributed by atoms with van der Waals surface area (Å²) in [5.74, 6) is 0.430. The molecule has 1 amide bonds. The summed E-state index contributed by atoms with van der Waals surface area (Å²) >= 11 is 0. The fraction of sp³-hybridized carbons (Fsp3) is 0.143. The predicted octanol–water partition coefficient (Wildman–Crippen LogP) is 2.03. The molecule has 0 spiro atoms. The quantitative estimate of drug-likeness (QED) is 0.794. The number of hydrogen-bond donors (Lipinski definition) is 1. The number of nitrogens with zero attached hydrogens (tertiary/aromatic N) is 4. The lowest BCUT2D eigenvalue weighted by molar-refractivity contribution is 0.0988. The molecule has 0 aliphatic rings. The fourth-order valence-electron chi connectivity index (χ4n) is 1.87. The van der Waals surface area contributed by atoms with Gasteiger partial charge in [0.25, 0.3) is 5.91 Å². The number of rotatable bonds is 3. The number of benzene rings is 1. The molecule has 0 bridgehead atoms. The van der Waals surface area contributed by atoms with Crippen molar-refractivity contribution in [2.75, 3.05) is 5.32 Å². The number of nitrogens with one attached hydrogen (secondary N) is 1. The first-order chi connectivity index (χ1) is 10.1. The summed E-state index contributed by atoms with van der Waals surface area (Å²) in [4.78, 5) is 16.2. The first kappa shape index (κ1) is 13.0. The maximum Gasteiger partial charge on any atom is 0.294 e. The van der Waals surface area contributed by atoms with Gasteiger partial charge in [-0.2, -0.15) is 5.10 Å². The molecule has 0 atom stereocenters. The molecule has 7 nitrogen and oxygen atoms in total. The predicted molar refractivity (Wildman–Crippen MR) is 75.6 cm³/mol. The van der Waals surface area contributed by atoms with Crippen molar-refractivity contribution >= 4 is 11.6 Å². The van der Waals surface area contributed by atoms with E-state index in [1.54, 1.807) is 43.2 Å². The van der Waals surface area contributed by atoms with Crippen LogP contribution in [-0.4, -0.2) is 25.8 Å². The van der Waals surface area contributed by atoms with Crippen LogP contribution in [0.25, 0.3) is 11.4 Å². The molecule has 0 aliphatic carbocycles. The zero-order valence-corrected chi connectivity index (χ0v) is 11.6. The van der Waals surface area contributed by atoms with Gasteiger partial charge >= 0.3 is 0 Å². The zero-order valence-electron chi connectivity index (χ0n) is 11.6. The minimum absolute atomic E-state index is 0.175. The number of aromatic nitrogens is 4. The van der Waals surface area contributed by atoms with E-state index in [1.165, 1.54) is 0 Å². The van der Waals surface area contributed by atoms with Crippen molar-refractivity contribution in [1.29, 1.82) is 0 Å². The Morgan fingerprint density at radius 3 is 2.86 bits per heavy atom. The SMILES string of the molecule is Cc1cc(C(=O)Nc2cccc(-c3ncn(C)n3)c2)on1. The number of hydrogen-bond acceptors (Lipinski definition) is 5. The van der Waals surface area contributed by atoms with E-state index in [0.717, 1.165) is 5.56 Å². The Labute approximate surface area is 120 Å². The van der Waals surface area contributed by atoms with Crippen molar-refractivity contribution in [2.45, 2.75) is 6.92 Å². The highest BCUT2D eigenvalue weighted by atomic mass is 16.5. The van der Waals surface area contributed by atoms with Crippen molar-refractivity contribution < 1.29 is 9.32 Å². The van der Waals surface area contributed by atoms with Gasteiger partial charge in [0.1, 0.15) is 6.33 Å². The van der Waals surface area contributed by atoms with Gasteiger partial charge in [0, 0.05) is 24.4 Å². The fourth-order valence-corrected chi connectivity index (χ4v) is 1.87. The number of amides is 1. The molecule has 1 N–H and O–H groups in total. The Morgan fingerprint density at radius 1 is 1.33 bits per heavy atom. The molecular formula is C14H13N5O2. The van der Waals surface area contributed by atoms with E-state index in [-0.39, 0.29) is 11.7 Å². The van der Waals surface area contributed by atoms with Gasteiger partial charge in [-0.25, -0.2) is 4.98 Å². The van der Waals surface area contributed by atoms with Crippen LogP contribution in [-0.2, 0) is 7.05 Å². The van der Waals surface area contributed by atoms with Crippen molar-refractivity contribution in [3.05, 3.63) is 48.1 Å². The minimum Gasteiger partial charge on any atom is -0.351 e. The highest BCUT2D eigenvalue weighted by Gasteiger charge is 2.12. The van der Waals surface area contributed by atoms with Crippen LogP contribution in [0.1, 0.15) is 16.2 Å². The Balaban J connectivity index is 1.82. The van der Waals surface area contributed by atoms with Crippen molar-refractivity contribution in [3.8, 4) is 11.4 Å².